The van der Waals surface area contributed by atoms with Crippen LogP contribution in [0.3, 0.4) is 0 Å². The van der Waals surface area contributed by atoms with Gasteiger partial charge in [0.25, 0.3) is 5.91 Å². The van der Waals surface area contributed by atoms with Crippen LogP contribution in [0.25, 0.3) is 0 Å². The number of furan rings is 1. The summed E-state index contributed by atoms with van der Waals surface area (Å²) in [7, 11) is 0. The van der Waals surface area contributed by atoms with E-state index in [1.54, 1.807) is 24.3 Å². The molecule has 154 valence electrons. The Hall–Kier alpha value is -2.92. The van der Waals surface area contributed by atoms with E-state index in [9.17, 15) is 9.18 Å². The lowest BCUT2D eigenvalue weighted by atomic mass is 9.88. The summed E-state index contributed by atoms with van der Waals surface area (Å²) < 4.78 is 19.3. The SMILES string of the molecule is O=C(c1ccco1)N1CC(CN2CCc3ccccc3C2)C(c2cccc(F)c2)C1. The van der Waals surface area contributed by atoms with Crippen molar-refractivity contribution in [2.75, 3.05) is 26.2 Å². The van der Waals surface area contributed by atoms with E-state index in [-0.39, 0.29) is 23.6 Å². The molecule has 0 N–H and O–H groups in total. The molecule has 0 bridgehead atoms. The number of nitrogens with zero attached hydrogens (tertiary/aromatic N) is 2. The summed E-state index contributed by atoms with van der Waals surface area (Å²) >= 11 is 0. The standard InChI is InChI=1S/C25H25FN2O2/c26-22-8-3-7-19(13-22)23-17-28(25(29)24-9-4-12-30-24)16-21(23)15-27-11-10-18-5-1-2-6-20(18)14-27/h1-9,12-13,21,23H,10-11,14-17H2. The number of amides is 1. The number of halogens is 1. The molecule has 3 aromatic rings. The van der Waals surface area contributed by atoms with Crippen LogP contribution < -0.4 is 0 Å². The molecule has 0 spiro atoms. The predicted molar refractivity (Wildman–Crippen MR) is 113 cm³/mol. The zero-order valence-corrected chi connectivity index (χ0v) is 16.8. The average molecular weight is 404 g/mol. The summed E-state index contributed by atoms with van der Waals surface area (Å²) in [4.78, 5) is 17.2. The molecule has 0 radical (unpaired) electrons. The minimum absolute atomic E-state index is 0.0899. The second-order valence-electron chi connectivity index (χ2n) is 8.36. The van der Waals surface area contributed by atoms with E-state index < -0.39 is 0 Å². The van der Waals surface area contributed by atoms with E-state index in [0.29, 0.717) is 18.8 Å². The maximum Gasteiger partial charge on any atom is 0.289 e. The van der Waals surface area contributed by atoms with Crippen LogP contribution in [0.5, 0.6) is 0 Å². The lowest BCUT2D eigenvalue weighted by Gasteiger charge is -2.32. The maximum atomic E-state index is 13.9. The van der Waals surface area contributed by atoms with Crippen molar-refractivity contribution < 1.29 is 13.6 Å². The van der Waals surface area contributed by atoms with E-state index >= 15 is 0 Å². The molecule has 5 rings (SSSR count). The first-order valence-electron chi connectivity index (χ1n) is 10.5. The lowest BCUT2D eigenvalue weighted by molar-refractivity contribution is 0.0750. The molecular formula is C25H25FN2O2. The molecule has 3 heterocycles. The minimum atomic E-state index is -0.228. The van der Waals surface area contributed by atoms with Crippen LogP contribution in [0, 0.1) is 11.7 Å². The summed E-state index contributed by atoms with van der Waals surface area (Å²) in [5.41, 5.74) is 3.77. The van der Waals surface area contributed by atoms with Crippen LogP contribution in [-0.4, -0.2) is 41.9 Å². The van der Waals surface area contributed by atoms with Crippen molar-refractivity contribution in [2.45, 2.75) is 18.9 Å². The zero-order valence-electron chi connectivity index (χ0n) is 16.8. The quantitative estimate of drug-likeness (QED) is 0.649. The first kappa shape index (κ1) is 19.1. The average Bonchev–Trinajstić information content (AvgIpc) is 3.44. The van der Waals surface area contributed by atoms with Crippen LogP contribution >= 0.6 is 0 Å². The molecular weight excluding hydrogens is 379 g/mol. The highest BCUT2D eigenvalue weighted by Crippen LogP contribution is 2.35. The Morgan fingerprint density at radius 3 is 2.70 bits per heavy atom. The van der Waals surface area contributed by atoms with E-state index in [1.807, 2.05) is 11.0 Å². The van der Waals surface area contributed by atoms with Crippen molar-refractivity contribution in [1.82, 2.24) is 9.80 Å². The monoisotopic (exact) mass is 404 g/mol. The van der Waals surface area contributed by atoms with Crippen LogP contribution in [0.15, 0.2) is 71.3 Å². The largest absolute Gasteiger partial charge is 0.459 e. The lowest BCUT2D eigenvalue weighted by Crippen LogP contribution is -2.37. The second-order valence-corrected chi connectivity index (χ2v) is 8.36. The van der Waals surface area contributed by atoms with Gasteiger partial charge in [0.1, 0.15) is 5.82 Å². The molecule has 0 aliphatic carbocycles. The molecule has 2 aliphatic heterocycles. The number of rotatable bonds is 4. The summed E-state index contributed by atoms with van der Waals surface area (Å²) in [5, 5.41) is 0. The number of likely N-dealkylation sites (tertiary alicyclic amines) is 1. The number of hydrogen-bond acceptors (Lipinski definition) is 3. The van der Waals surface area contributed by atoms with E-state index in [1.165, 1.54) is 23.5 Å². The topological polar surface area (TPSA) is 36.7 Å². The molecule has 0 saturated carbocycles. The fraction of sp³-hybridized carbons (Fsp3) is 0.320. The van der Waals surface area contributed by atoms with E-state index in [4.69, 9.17) is 4.42 Å². The van der Waals surface area contributed by atoms with Crippen molar-refractivity contribution in [3.63, 3.8) is 0 Å². The molecule has 2 atom stereocenters. The van der Waals surface area contributed by atoms with Gasteiger partial charge in [0.05, 0.1) is 6.26 Å². The number of benzene rings is 2. The molecule has 1 saturated heterocycles. The van der Waals surface area contributed by atoms with Gasteiger partial charge in [-0.2, -0.15) is 0 Å². The Bertz CT molecular complexity index is 1030. The summed E-state index contributed by atoms with van der Waals surface area (Å²) in [6.45, 7) is 4.05. The van der Waals surface area contributed by atoms with Gasteiger partial charge < -0.3 is 9.32 Å². The van der Waals surface area contributed by atoms with Gasteiger partial charge in [0.2, 0.25) is 0 Å². The third kappa shape index (κ3) is 3.77. The second kappa shape index (κ2) is 8.07. The van der Waals surface area contributed by atoms with Crippen LogP contribution in [0.1, 0.15) is 33.2 Å². The van der Waals surface area contributed by atoms with Gasteiger partial charge in [-0.1, -0.05) is 36.4 Å². The van der Waals surface area contributed by atoms with Gasteiger partial charge in [0, 0.05) is 38.6 Å². The summed E-state index contributed by atoms with van der Waals surface area (Å²) in [6, 6.07) is 18.9. The minimum Gasteiger partial charge on any atom is -0.459 e. The van der Waals surface area contributed by atoms with Gasteiger partial charge in [0.15, 0.2) is 5.76 Å². The molecule has 2 aliphatic rings. The Morgan fingerprint density at radius 1 is 1.03 bits per heavy atom. The summed E-state index contributed by atoms with van der Waals surface area (Å²) in [5.74, 6) is 0.398. The first-order chi connectivity index (χ1) is 14.7. The van der Waals surface area contributed by atoms with E-state index in [2.05, 4.69) is 29.2 Å². The van der Waals surface area contributed by atoms with Gasteiger partial charge in [-0.15, -0.1) is 0 Å². The number of fused-ring (bicyclic) bond motifs is 1. The number of hydrogen-bond donors (Lipinski definition) is 0. The Morgan fingerprint density at radius 2 is 1.90 bits per heavy atom. The zero-order chi connectivity index (χ0) is 20.5. The smallest absolute Gasteiger partial charge is 0.289 e. The number of carbonyl (C=O) groups is 1. The van der Waals surface area contributed by atoms with Crippen molar-refractivity contribution in [3.8, 4) is 0 Å². The highest BCUT2D eigenvalue weighted by molar-refractivity contribution is 5.91. The molecule has 2 unspecified atom stereocenters. The van der Waals surface area contributed by atoms with Crippen molar-refractivity contribution in [3.05, 3.63) is 95.2 Å². The molecule has 1 fully saturated rings. The Kier molecular flexibility index (Phi) is 5.13. The Balaban J connectivity index is 1.37. The van der Waals surface area contributed by atoms with Crippen LogP contribution in [-0.2, 0) is 13.0 Å². The Labute approximate surface area is 175 Å². The first-order valence-corrected chi connectivity index (χ1v) is 10.5. The van der Waals surface area contributed by atoms with Crippen molar-refractivity contribution >= 4 is 5.91 Å². The predicted octanol–water partition coefficient (Wildman–Crippen LogP) is 4.33. The number of carbonyl (C=O) groups excluding carboxylic acids is 1. The van der Waals surface area contributed by atoms with Gasteiger partial charge in [-0.25, -0.2) is 4.39 Å². The fourth-order valence-electron chi connectivity index (χ4n) is 4.93. The fourth-order valence-corrected chi connectivity index (χ4v) is 4.93. The van der Waals surface area contributed by atoms with Gasteiger partial charge in [-0.05, 0) is 53.3 Å². The molecule has 1 aromatic heterocycles. The third-order valence-electron chi connectivity index (χ3n) is 6.44. The normalized spacial score (nSPS) is 21.6. The van der Waals surface area contributed by atoms with Crippen LogP contribution in [0.2, 0.25) is 0 Å². The van der Waals surface area contributed by atoms with Gasteiger partial charge in [-0.3, -0.25) is 9.69 Å². The summed E-state index contributed by atoms with van der Waals surface area (Å²) in [6.07, 6.45) is 2.57. The highest BCUT2D eigenvalue weighted by Gasteiger charge is 2.38. The van der Waals surface area contributed by atoms with Crippen LogP contribution in [0.4, 0.5) is 4.39 Å². The third-order valence-corrected chi connectivity index (χ3v) is 6.44. The van der Waals surface area contributed by atoms with Crippen molar-refractivity contribution in [1.29, 1.82) is 0 Å². The molecule has 30 heavy (non-hydrogen) atoms. The van der Waals surface area contributed by atoms with E-state index in [0.717, 1.165) is 31.6 Å². The van der Waals surface area contributed by atoms with Crippen molar-refractivity contribution in [2.24, 2.45) is 5.92 Å². The molecule has 5 heteroatoms. The highest BCUT2D eigenvalue weighted by atomic mass is 19.1. The molecule has 1 amide bonds. The maximum absolute atomic E-state index is 13.9. The molecule has 2 aromatic carbocycles. The van der Waals surface area contributed by atoms with Gasteiger partial charge >= 0.3 is 0 Å². The molecule has 4 nitrogen and oxygen atoms in total.